The average molecular weight is 324 g/mol. The van der Waals surface area contributed by atoms with Crippen LogP contribution < -0.4 is 16.2 Å². The van der Waals surface area contributed by atoms with E-state index in [4.69, 9.17) is 28.2 Å². The minimum atomic E-state index is -0.420. The molecule has 1 aromatic heterocycles. The predicted octanol–water partition coefficient (Wildman–Crippen LogP) is 3.18. The largest absolute Gasteiger partial charge is 0.459 e. The number of hydrogen-bond acceptors (Lipinski definition) is 3. The van der Waals surface area contributed by atoms with Gasteiger partial charge in [-0.25, -0.2) is 0 Å². The maximum atomic E-state index is 11.7. The van der Waals surface area contributed by atoms with E-state index < -0.39 is 5.91 Å². The molecule has 3 N–H and O–H groups in total. The average Bonchev–Trinajstić information content (AvgIpc) is 2.94. The quantitative estimate of drug-likeness (QED) is 0.585. The summed E-state index contributed by atoms with van der Waals surface area (Å²) >= 11 is 11.3. The summed E-state index contributed by atoms with van der Waals surface area (Å²) in [4.78, 5) is 11.7. The molecule has 7 heteroatoms. The van der Waals surface area contributed by atoms with Crippen LogP contribution in [0.2, 0.25) is 5.02 Å². The minimum Gasteiger partial charge on any atom is -0.459 e. The Kier molecular flexibility index (Phi) is 4.82. The highest BCUT2D eigenvalue weighted by Gasteiger charge is 2.10. The lowest BCUT2D eigenvalue weighted by atomic mass is 10.1. The molecule has 0 bridgehead atoms. The van der Waals surface area contributed by atoms with Gasteiger partial charge >= 0.3 is 5.91 Å². The molecule has 110 valence electrons. The summed E-state index contributed by atoms with van der Waals surface area (Å²) in [5.41, 5.74) is 7.74. The van der Waals surface area contributed by atoms with Crippen LogP contribution in [0.25, 0.3) is 0 Å². The molecular formula is C14H14ClN3O2S. The van der Waals surface area contributed by atoms with Crippen LogP contribution in [0.4, 0.5) is 5.69 Å². The number of benzene rings is 1. The summed E-state index contributed by atoms with van der Waals surface area (Å²) in [5, 5.41) is 3.74. The van der Waals surface area contributed by atoms with Crippen LogP contribution in [0.15, 0.2) is 34.9 Å². The minimum absolute atomic E-state index is 0.190. The summed E-state index contributed by atoms with van der Waals surface area (Å²) in [5.74, 6) is -0.231. The van der Waals surface area contributed by atoms with Crippen LogP contribution in [0.5, 0.6) is 0 Å². The second-order valence-corrected chi connectivity index (χ2v) is 5.26. The zero-order valence-electron chi connectivity index (χ0n) is 11.5. The summed E-state index contributed by atoms with van der Waals surface area (Å²) in [6.45, 7) is 3.88. The molecule has 1 amide bonds. The first-order valence-corrected chi connectivity index (χ1v) is 6.93. The van der Waals surface area contributed by atoms with Gasteiger partial charge in [-0.2, -0.15) is 0 Å². The summed E-state index contributed by atoms with van der Waals surface area (Å²) < 4.78 is 4.96. The number of carbonyl (C=O) groups is 1. The molecule has 2 aromatic rings. The van der Waals surface area contributed by atoms with E-state index in [2.05, 4.69) is 16.2 Å². The molecule has 0 unspecified atom stereocenters. The van der Waals surface area contributed by atoms with E-state index in [0.717, 1.165) is 11.1 Å². The van der Waals surface area contributed by atoms with E-state index in [1.807, 2.05) is 26.0 Å². The highest BCUT2D eigenvalue weighted by molar-refractivity contribution is 7.80. The second kappa shape index (κ2) is 6.60. The molecule has 0 saturated carbocycles. The summed E-state index contributed by atoms with van der Waals surface area (Å²) in [6, 6.07) is 6.99. The number of rotatable bonds is 2. The molecule has 0 saturated heterocycles. The fourth-order valence-corrected chi connectivity index (χ4v) is 2.32. The number of carbonyl (C=O) groups excluding carboxylic acids is 1. The first kappa shape index (κ1) is 15.3. The maximum absolute atomic E-state index is 11.7. The normalized spacial score (nSPS) is 10.0. The first-order chi connectivity index (χ1) is 9.97. The zero-order chi connectivity index (χ0) is 15.4. The van der Waals surface area contributed by atoms with Crippen LogP contribution >= 0.6 is 23.8 Å². The van der Waals surface area contributed by atoms with Crippen LogP contribution in [0.3, 0.4) is 0 Å². The van der Waals surface area contributed by atoms with E-state index >= 15 is 0 Å². The van der Waals surface area contributed by atoms with Crippen molar-refractivity contribution < 1.29 is 9.21 Å². The highest BCUT2D eigenvalue weighted by atomic mass is 35.5. The Morgan fingerprint density at radius 2 is 2.05 bits per heavy atom. The molecule has 0 aliphatic heterocycles. The zero-order valence-corrected chi connectivity index (χ0v) is 13.1. The van der Waals surface area contributed by atoms with Crippen LogP contribution in [-0.2, 0) is 0 Å². The fraction of sp³-hybridized carbons (Fsp3) is 0.143. The van der Waals surface area contributed by atoms with Gasteiger partial charge in [0.05, 0.1) is 17.0 Å². The van der Waals surface area contributed by atoms with Crippen molar-refractivity contribution >= 4 is 40.5 Å². The van der Waals surface area contributed by atoms with Crippen molar-refractivity contribution in [2.24, 2.45) is 0 Å². The number of nitrogens with one attached hydrogen (secondary N) is 3. The van der Waals surface area contributed by atoms with Crippen LogP contribution in [-0.4, -0.2) is 11.0 Å². The standard InChI is InChI=1S/C14H14ClN3O2S/c1-8-6-9(2)12(10(15)7-8)16-14(21)18-17-13(19)11-4-3-5-20-11/h3-7H,1-2H3,(H,17,19)(H2,16,18,21). The van der Waals surface area contributed by atoms with Gasteiger partial charge in [-0.1, -0.05) is 17.7 Å². The Bertz CT molecular complexity index is 648. The predicted molar refractivity (Wildman–Crippen MR) is 86.5 cm³/mol. The van der Waals surface area contributed by atoms with E-state index in [0.29, 0.717) is 10.7 Å². The van der Waals surface area contributed by atoms with Crippen molar-refractivity contribution in [3.8, 4) is 0 Å². The van der Waals surface area contributed by atoms with Crippen molar-refractivity contribution in [3.05, 3.63) is 52.4 Å². The molecule has 0 fully saturated rings. The Labute approximate surface area is 132 Å². The van der Waals surface area contributed by atoms with E-state index in [9.17, 15) is 4.79 Å². The third-order valence-corrected chi connectivity index (χ3v) is 3.21. The fourth-order valence-electron chi connectivity index (χ4n) is 1.80. The maximum Gasteiger partial charge on any atom is 0.305 e. The van der Waals surface area contributed by atoms with Gasteiger partial charge in [-0.05, 0) is 55.4 Å². The van der Waals surface area contributed by atoms with E-state index in [-0.39, 0.29) is 10.9 Å². The van der Waals surface area contributed by atoms with Gasteiger partial charge in [-0.15, -0.1) is 0 Å². The number of aryl methyl sites for hydroxylation is 2. The van der Waals surface area contributed by atoms with Gasteiger partial charge < -0.3 is 9.73 Å². The topological polar surface area (TPSA) is 66.3 Å². The monoisotopic (exact) mass is 323 g/mol. The van der Waals surface area contributed by atoms with Crippen molar-refractivity contribution in [2.75, 3.05) is 5.32 Å². The van der Waals surface area contributed by atoms with Gasteiger partial charge in [-0.3, -0.25) is 15.6 Å². The number of thiocarbonyl (C=S) groups is 1. The van der Waals surface area contributed by atoms with E-state index in [1.54, 1.807) is 12.1 Å². The molecule has 0 radical (unpaired) electrons. The molecule has 0 atom stereocenters. The lowest BCUT2D eigenvalue weighted by molar-refractivity contribution is 0.0916. The first-order valence-electron chi connectivity index (χ1n) is 6.15. The van der Waals surface area contributed by atoms with Crippen molar-refractivity contribution in [2.45, 2.75) is 13.8 Å². The molecule has 21 heavy (non-hydrogen) atoms. The van der Waals surface area contributed by atoms with Crippen molar-refractivity contribution in [3.63, 3.8) is 0 Å². The molecule has 0 spiro atoms. The number of hydrazine groups is 1. The third kappa shape index (κ3) is 3.96. The summed E-state index contributed by atoms with van der Waals surface area (Å²) in [7, 11) is 0. The Morgan fingerprint density at radius 3 is 2.67 bits per heavy atom. The number of halogens is 1. The molecule has 1 heterocycles. The molecule has 2 rings (SSSR count). The lowest BCUT2D eigenvalue weighted by Crippen LogP contribution is -2.43. The van der Waals surface area contributed by atoms with Crippen LogP contribution in [0, 0.1) is 13.8 Å². The third-order valence-electron chi connectivity index (χ3n) is 2.70. The number of anilines is 1. The molecule has 1 aromatic carbocycles. The van der Waals surface area contributed by atoms with Crippen molar-refractivity contribution in [1.82, 2.24) is 10.9 Å². The molecule has 5 nitrogen and oxygen atoms in total. The Balaban J connectivity index is 1.95. The number of hydrogen-bond donors (Lipinski definition) is 3. The van der Waals surface area contributed by atoms with Gasteiger partial charge in [0.25, 0.3) is 0 Å². The molecule has 0 aliphatic rings. The molecule has 0 aliphatic carbocycles. The van der Waals surface area contributed by atoms with Gasteiger partial charge in [0, 0.05) is 0 Å². The smallest absolute Gasteiger partial charge is 0.305 e. The van der Waals surface area contributed by atoms with Crippen LogP contribution in [0.1, 0.15) is 21.7 Å². The van der Waals surface area contributed by atoms with Gasteiger partial charge in [0.1, 0.15) is 0 Å². The summed E-state index contributed by atoms with van der Waals surface area (Å²) in [6.07, 6.45) is 1.42. The Morgan fingerprint density at radius 1 is 1.29 bits per heavy atom. The second-order valence-electron chi connectivity index (χ2n) is 4.45. The highest BCUT2D eigenvalue weighted by Crippen LogP contribution is 2.27. The van der Waals surface area contributed by atoms with Gasteiger partial charge in [0.15, 0.2) is 10.9 Å². The van der Waals surface area contributed by atoms with E-state index in [1.165, 1.54) is 6.26 Å². The van der Waals surface area contributed by atoms with Gasteiger partial charge in [0.2, 0.25) is 0 Å². The Hall–Kier alpha value is -2.05. The SMILES string of the molecule is Cc1cc(C)c(NC(=S)NNC(=O)c2ccco2)c(Cl)c1. The number of furan rings is 1. The number of amides is 1. The lowest BCUT2D eigenvalue weighted by Gasteiger charge is -2.14. The van der Waals surface area contributed by atoms with Crippen molar-refractivity contribution in [1.29, 1.82) is 0 Å². The molecular weight excluding hydrogens is 310 g/mol.